The summed E-state index contributed by atoms with van der Waals surface area (Å²) in [4.78, 5) is 11.5. The Balaban J connectivity index is 1.95. The molecule has 19 heavy (non-hydrogen) atoms. The third kappa shape index (κ3) is 4.01. The molecule has 0 spiro atoms. The van der Waals surface area contributed by atoms with Crippen LogP contribution in [0.1, 0.15) is 17.9 Å². The molecule has 0 bridgehead atoms. The number of hydrogen-bond donors (Lipinski definition) is 1. The van der Waals surface area contributed by atoms with Crippen LogP contribution in [0.15, 0.2) is 18.2 Å². The van der Waals surface area contributed by atoms with Crippen LogP contribution in [-0.2, 0) is 4.79 Å². The number of hydrogen-bond acceptors (Lipinski definition) is 1. The molecule has 0 heterocycles. The van der Waals surface area contributed by atoms with Gasteiger partial charge in [-0.1, -0.05) is 23.2 Å². The van der Waals surface area contributed by atoms with Crippen molar-refractivity contribution in [1.82, 2.24) is 5.32 Å². The summed E-state index contributed by atoms with van der Waals surface area (Å²) < 4.78 is 35.9. The topological polar surface area (TPSA) is 29.1 Å². The largest absolute Gasteiger partial charge is 0.405 e. The van der Waals surface area contributed by atoms with Gasteiger partial charge in [-0.05, 0) is 36.1 Å². The number of halogens is 5. The molecule has 1 aliphatic carbocycles. The van der Waals surface area contributed by atoms with E-state index in [0.29, 0.717) is 16.5 Å². The quantitative estimate of drug-likeness (QED) is 0.904. The van der Waals surface area contributed by atoms with Crippen molar-refractivity contribution in [2.24, 2.45) is 5.92 Å². The first-order valence-corrected chi connectivity index (χ1v) is 6.32. The number of nitrogens with one attached hydrogen (secondary N) is 1. The molecule has 1 amide bonds. The zero-order chi connectivity index (χ0) is 14.2. The maximum Gasteiger partial charge on any atom is 0.405 e. The fourth-order valence-electron chi connectivity index (χ4n) is 1.96. The van der Waals surface area contributed by atoms with Crippen LogP contribution in [0.4, 0.5) is 13.2 Å². The molecule has 2 nitrogen and oxygen atoms in total. The first-order valence-electron chi connectivity index (χ1n) is 5.57. The van der Waals surface area contributed by atoms with E-state index in [1.54, 1.807) is 18.2 Å². The van der Waals surface area contributed by atoms with E-state index in [1.165, 1.54) is 0 Å². The predicted molar refractivity (Wildman–Crippen MR) is 66.4 cm³/mol. The predicted octanol–water partition coefficient (Wildman–Crippen LogP) is 3.78. The van der Waals surface area contributed by atoms with Crippen molar-refractivity contribution < 1.29 is 18.0 Å². The van der Waals surface area contributed by atoms with Crippen LogP contribution in [0.25, 0.3) is 0 Å². The van der Waals surface area contributed by atoms with Gasteiger partial charge in [-0.25, -0.2) is 0 Å². The van der Waals surface area contributed by atoms with Crippen molar-refractivity contribution in [3.8, 4) is 0 Å². The minimum Gasteiger partial charge on any atom is -0.347 e. The molecule has 0 radical (unpaired) electrons. The van der Waals surface area contributed by atoms with E-state index in [1.807, 2.05) is 5.32 Å². The Morgan fingerprint density at radius 2 is 1.84 bits per heavy atom. The molecule has 2 atom stereocenters. The second-order valence-corrected chi connectivity index (χ2v) is 5.36. The van der Waals surface area contributed by atoms with Gasteiger partial charge >= 0.3 is 6.18 Å². The maximum absolute atomic E-state index is 12.0. The van der Waals surface area contributed by atoms with Crippen molar-refractivity contribution in [2.45, 2.75) is 18.5 Å². The van der Waals surface area contributed by atoms with Gasteiger partial charge in [0.2, 0.25) is 5.91 Å². The van der Waals surface area contributed by atoms with Gasteiger partial charge in [0.25, 0.3) is 0 Å². The second-order valence-electron chi connectivity index (χ2n) is 4.48. The normalized spacial score (nSPS) is 22.2. The number of carbonyl (C=O) groups excluding carboxylic acids is 1. The van der Waals surface area contributed by atoms with Gasteiger partial charge in [0.1, 0.15) is 6.54 Å². The Labute approximate surface area is 117 Å². The fourth-order valence-corrected chi connectivity index (χ4v) is 2.50. The molecule has 0 aliphatic heterocycles. The third-order valence-electron chi connectivity index (χ3n) is 2.90. The van der Waals surface area contributed by atoms with Gasteiger partial charge in [-0.2, -0.15) is 13.2 Å². The lowest BCUT2D eigenvalue weighted by Crippen LogP contribution is -2.34. The Kier molecular flexibility index (Phi) is 3.97. The summed E-state index contributed by atoms with van der Waals surface area (Å²) in [5, 5.41) is 2.78. The number of rotatable bonds is 3. The molecule has 1 fully saturated rings. The fraction of sp³-hybridized carbons (Fsp3) is 0.417. The van der Waals surface area contributed by atoms with Gasteiger partial charge in [-0.15, -0.1) is 0 Å². The van der Waals surface area contributed by atoms with Crippen LogP contribution in [0.2, 0.25) is 10.0 Å². The number of carbonyl (C=O) groups is 1. The average molecular weight is 312 g/mol. The zero-order valence-corrected chi connectivity index (χ0v) is 11.1. The Morgan fingerprint density at radius 1 is 1.26 bits per heavy atom. The van der Waals surface area contributed by atoms with Crippen molar-refractivity contribution in [1.29, 1.82) is 0 Å². The molecule has 0 aromatic heterocycles. The summed E-state index contributed by atoms with van der Waals surface area (Å²) in [7, 11) is 0. The highest BCUT2D eigenvalue weighted by Crippen LogP contribution is 2.48. The lowest BCUT2D eigenvalue weighted by Gasteiger charge is -2.08. The van der Waals surface area contributed by atoms with Crippen molar-refractivity contribution >= 4 is 29.1 Å². The average Bonchev–Trinajstić information content (AvgIpc) is 3.03. The van der Waals surface area contributed by atoms with Gasteiger partial charge in [0.15, 0.2) is 0 Å². The second kappa shape index (κ2) is 5.21. The van der Waals surface area contributed by atoms with Gasteiger partial charge < -0.3 is 5.32 Å². The van der Waals surface area contributed by atoms with Crippen LogP contribution in [0.3, 0.4) is 0 Å². The minimum absolute atomic E-state index is 0.107. The molecule has 1 aliphatic rings. The molecule has 7 heteroatoms. The van der Waals surface area contributed by atoms with Gasteiger partial charge in [0, 0.05) is 16.0 Å². The molecule has 1 saturated carbocycles. The summed E-state index contributed by atoms with van der Waals surface area (Å²) in [5.41, 5.74) is 0.782. The van der Waals surface area contributed by atoms with Crippen LogP contribution >= 0.6 is 23.2 Å². The highest BCUT2D eigenvalue weighted by molar-refractivity contribution is 6.34. The smallest absolute Gasteiger partial charge is 0.347 e. The molecular weight excluding hydrogens is 302 g/mol. The van der Waals surface area contributed by atoms with Crippen molar-refractivity contribution in [3.63, 3.8) is 0 Å². The first-order chi connectivity index (χ1) is 8.76. The van der Waals surface area contributed by atoms with E-state index in [0.717, 1.165) is 5.56 Å². The van der Waals surface area contributed by atoms with Crippen LogP contribution in [0, 0.1) is 5.92 Å². The van der Waals surface area contributed by atoms with Crippen LogP contribution in [0.5, 0.6) is 0 Å². The zero-order valence-electron chi connectivity index (χ0n) is 9.60. The number of amides is 1. The minimum atomic E-state index is -4.39. The van der Waals surface area contributed by atoms with Crippen LogP contribution in [-0.4, -0.2) is 18.6 Å². The highest BCUT2D eigenvalue weighted by atomic mass is 35.5. The molecular formula is C12H10Cl2F3NO. The monoisotopic (exact) mass is 311 g/mol. The van der Waals surface area contributed by atoms with Gasteiger partial charge in [0.05, 0.1) is 0 Å². The van der Waals surface area contributed by atoms with Gasteiger partial charge in [-0.3, -0.25) is 4.79 Å². The number of benzene rings is 1. The summed E-state index contributed by atoms with van der Waals surface area (Å²) in [6.45, 7) is -1.30. The van der Waals surface area contributed by atoms with Crippen molar-refractivity contribution in [2.75, 3.05) is 6.54 Å². The van der Waals surface area contributed by atoms with E-state index in [4.69, 9.17) is 23.2 Å². The Bertz CT molecular complexity index is 484. The SMILES string of the molecule is O=C(NCC(F)(F)F)[C@@H]1C[C@H]1c1cc(Cl)cc(Cl)c1. The summed E-state index contributed by atoms with van der Waals surface area (Å²) in [5.74, 6) is -1.13. The lowest BCUT2D eigenvalue weighted by molar-refractivity contribution is -0.139. The standard InChI is InChI=1S/C12H10Cl2F3NO/c13-7-1-6(2-8(14)3-7)9-4-10(9)11(19)18-5-12(15,16)17/h1-3,9-10H,4-5H2,(H,18,19)/t9-,10+/m0/s1. The highest BCUT2D eigenvalue weighted by Gasteiger charge is 2.44. The maximum atomic E-state index is 12.0. The Morgan fingerprint density at radius 3 is 2.37 bits per heavy atom. The summed E-state index contributed by atoms with van der Waals surface area (Å²) in [6.07, 6.45) is -3.88. The van der Waals surface area contributed by atoms with Crippen molar-refractivity contribution in [3.05, 3.63) is 33.8 Å². The molecule has 2 rings (SSSR count). The van der Waals surface area contributed by atoms with E-state index in [9.17, 15) is 18.0 Å². The number of alkyl halides is 3. The molecule has 0 saturated heterocycles. The molecule has 1 aromatic carbocycles. The van der Waals surface area contributed by atoms with E-state index in [-0.39, 0.29) is 5.92 Å². The van der Waals surface area contributed by atoms with E-state index in [2.05, 4.69) is 0 Å². The molecule has 0 unspecified atom stereocenters. The summed E-state index contributed by atoms with van der Waals surface area (Å²) >= 11 is 11.7. The van der Waals surface area contributed by atoms with E-state index < -0.39 is 24.5 Å². The molecule has 104 valence electrons. The molecule has 1 N–H and O–H groups in total. The third-order valence-corrected chi connectivity index (χ3v) is 3.34. The first kappa shape index (κ1) is 14.5. The van der Waals surface area contributed by atoms with Crippen LogP contribution < -0.4 is 5.32 Å². The lowest BCUT2D eigenvalue weighted by atomic mass is 10.1. The molecule has 1 aromatic rings. The van der Waals surface area contributed by atoms with E-state index >= 15 is 0 Å². The Hall–Kier alpha value is -0.940. The summed E-state index contributed by atoms with van der Waals surface area (Å²) in [6, 6.07) is 4.91.